The number of ether oxygens (including phenoxy) is 1. The monoisotopic (exact) mass is 258 g/mol. The summed E-state index contributed by atoms with van der Waals surface area (Å²) in [5, 5.41) is 0. The lowest BCUT2D eigenvalue weighted by molar-refractivity contribution is 0.0394. The number of nitrogens with zero attached hydrogens (tertiary/aromatic N) is 3. The maximum atomic E-state index is 5.99. The average Bonchev–Trinajstić information content (AvgIpc) is 2.41. The molecule has 0 radical (unpaired) electrons. The standard InChI is InChI=1S/C11H22N4OS/c12-11(15-5-9-17-10-6-15)13-1-2-14-3-7-16-8-4-14/h1-10H2,(H2,12,13). The normalized spacial score (nSPS) is 24.0. The second-order valence-corrected chi connectivity index (χ2v) is 5.52. The van der Waals surface area contributed by atoms with Gasteiger partial charge in [0.05, 0.1) is 19.8 Å². The van der Waals surface area contributed by atoms with Gasteiger partial charge in [-0.25, -0.2) is 0 Å². The highest BCUT2D eigenvalue weighted by molar-refractivity contribution is 7.99. The molecule has 2 aliphatic heterocycles. The van der Waals surface area contributed by atoms with Gasteiger partial charge in [0, 0.05) is 44.2 Å². The van der Waals surface area contributed by atoms with Gasteiger partial charge < -0.3 is 15.4 Å². The van der Waals surface area contributed by atoms with Gasteiger partial charge in [-0.05, 0) is 0 Å². The zero-order chi connectivity index (χ0) is 11.9. The summed E-state index contributed by atoms with van der Waals surface area (Å²) in [6.45, 7) is 7.62. The summed E-state index contributed by atoms with van der Waals surface area (Å²) in [4.78, 5) is 9.04. The van der Waals surface area contributed by atoms with Crippen LogP contribution in [0.4, 0.5) is 0 Å². The van der Waals surface area contributed by atoms with Gasteiger partial charge in [-0.3, -0.25) is 9.89 Å². The molecule has 0 spiro atoms. The van der Waals surface area contributed by atoms with Gasteiger partial charge in [0.2, 0.25) is 0 Å². The molecule has 0 aromatic carbocycles. The zero-order valence-electron chi connectivity index (χ0n) is 10.3. The summed E-state index contributed by atoms with van der Waals surface area (Å²) in [7, 11) is 0. The summed E-state index contributed by atoms with van der Waals surface area (Å²) < 4.78 is 5.31. The zero-order valence-corrected chi connectivity index (χ0v) is 11.1. The van der Waals surface area contributed by atoms with Crippen molar-refractivity contribution in [3.8, 4) is 0 Å². The molecule has 5 nitrogen and oxygen atoms in total. The fourth-order valence-electron chi connectivity index (χ4n) is 2.02. The van der Waals surface area contributed by atoms with E-state index in [1.807, 2.05) is 11.8 Å². The average molecular weight is 258 g/mol. The van der Waals surface area contributed by atoms with Crippen LogP contribution >= 0.6 is 11.8 Å². The van der Waals surface area contributed by atoms with Gasteiger partial charge in [-0.2, -0.15) is 11.8 Å². The molecule has 6 heteroatoms. The molecule has 2 fully saturated rings. The fourth-order valence-corrected chi connectivity index (χ4v) is 2.93. The second-order valence-electron chi connectivity index (χ2n) is 4.29. The van der Waals surface area contributed by atoms with E-state index in [0.29, 0.717) is 0 Å². The summed E-state index contributed by atoms with van der Waals surface area (Å²) in [6, 6.07) is 0. The molecule has 2 N–H and O–H groups in total. The Kier molecular flexibility index (Phi) is 5.41. The van der Waals surface area contributed by atoms with Crippen LogP contribution in [0.25, 0.3) is 0 Å². The Hall–Kier alpha value is -0.460. The van der Waals surface area contributed by atoms with Crippen LogP contribution in [-0.4, -0.2) is 79.7 Å². The maximum absolute atomic E-state index is 5.99. The molecule has 2 heterocycles. The SMILES string of the molecule is NC(=NCCN1CCOCC1)N1CCSCC1. The molecule has 2 saturated heterocycles. The highest BCUT2D eigenvalue weighted by Crippen LogP contribution is 2.08. The Labute approximate surface area is 107 Å². The smallest absolute Gasteiger partial charge is 0.191 e. The van der Waals surface area contributed by atoms with Gasteiger partial charge in [0.15, 0.2) is 5.96 Å². The first-order chi connectivity index (χ1) is 8.36. The first kappa shape index (κ1) is 13.0. The number of rotatable bonds is 3. The molecule has 2 aliphatic rings. The van der Waals surface area contributed by atoms with Crippen LogP contribution in [0.5, 0.6) is 0 Å². The van der Waals surface area contributed by atoms with E-state index in [0.717, 1.165) is 58.4 Å². The van der Waals surface area contributed by atoms with Gasteiger partial charge >= 0.3 is 0 Å². The van der Waals surface area contributed by atoms with Crippen molar-refractivity contribution in [3.63, 3.8) is 0 Å². The minimum Gasteiger partial charge on any atom is -0.379 e. The third-order valence-electron chi connectivity index (χ3n) is 3.13. The first-order valence-corrected chi connectivity index (χ1v) is 7.44. The molecule has 0 atom stereocenters. The Balaban J connectivity index is 1.67. The minimum atomic E-state index is 0.721. The summed E-state index contributed by atoms with van der Waals surface area (Å²) in [6.07, 6.45) is 0. The van der Waals surface area contributed by atoms with Crippen molar-refractivity contribution in [3.05, 3.63) is 0 Å². The molecule has 98 valence electrons. The predicted octanol–water partition coefficient (Wildman–Crippen LogP) is -0.318. The van der Waals surface area contributed by atoms with Crippen LogP contribution in [0.15, 0.2) is 4.99 Å². The van der Waals surface area contributed by atoms with Crippen LogP contribution in [0.3, 0.4) is 0 Å². The van der Waals surface area contributed by atoms with Crippen LogP contribution in [0, 0.1) is 0 Å². The lowest BCUT2D eigenvalue weighted by Crippen LogP contribution is -2.43. The van der Waals surface area contributed by atoms with E-state index in [-0.39, 0.29) is 0 Å². The van der Waals surface area contributed by atoms with E-state index < -0.39 is 0 Å². The second kappa shape index (κ2) is 7.08. The van der Waals surface area contributed by atoms with Gasteiger partial charge in [0.1, 0.15) is 0 Å². The number of nitrogens with two attached hydrogens (primary N) is 1. The number of morpholine rings is 1. The summed E-state index contributed by atoms with van der Waals surface area (Å²) in [5.41, 5.74) is 5.99. The molecule has 0 aliphatic carbocycles. The number of aliphatic imine (C=N–C) groups is 1. The molecule has 0 aromatic heterocycles. The predicted molar refractivity (Wildman–Crippen MR) is 72.6 cm³/mol. The van der Waals surface area contributed by atoms with E-state index in [1.165, 1.54) is 11.5 Å². The summed E-state index contributed by atoms with van der Waals surface area (Å²) >= 11 is 1.99. The number of hydrogen-bond acceptors (Lipinski definition) is 4. The Morgan fingerprint density at radius 1 is 1.18 bits per heavy atom. The van der Waals surface area contributed by atoms with Crippen molar-refractivity contribution in [2.75, 3.05) is 64.0 Å². The van der Waals surface area contributed by atoms with Gasteiger partial charge in [-0.1, -0.05) is 0 Å². The fraction of sp³-hybridized carbons (Fsp3) is 0.909. The quantitative estimate of drug-likeness (QED) is 0.555. The van der Waals surface area contributed by atoms with Crippen LogP contribution in [-0.2, 0) is 4.74 Å². The third-order valence-corrected chi connectivity index (χ3v) is 4.07. The highest BCUT2D eigenvalue weighted by Gasteiger charge is 2.12. The van der Waals surface area contributed by atoms with Crippen LogP contribution in [0.2, 0.25) is 0 Å². The Morgan fingerprint density at radius 2 is 1.88 bits per heavy atom. The molecule has 0 bridgehead atoms. The summed E-state index contributed by atoms with van der Waals surface area (Å²) in [5.74, 6) is 3.05. The highest BCUT2D eigenvalue weighted by atomic mass is 32.2. The van der Waals surface area contributed by atoms with Crippen molar-refractivity contribution in [2.45, 2.75) is 0 Å². The van der Waals surface area contributed by atoms with Crippen molar-refractivity contribution in [1.29, 1.82) is 0 Å². The van der Waals surface area contributed by atoms with E-state index in [2.05, 4.69) is 14.8 Å². The molecule has 0 amide bonds. The van der Waals surface area contributed by atoms with E-state index in [9.17, 15) is 0 Å². The number of thioether (sulfide) groups is 1. The van der Waals surface area contributed by atoms with E-state index >= 15 is 0 Å². The number of hydrogen-bond donors (Lipinski definition) is 1. The molecule has 0 saturated carbocycles. The molecular weight excluding hydrogens is 236 g/mol. The Morgan fingerprint density at radius 3 is 2.59 bits per heavy atom. The first-order valence-electron chi connectivity index (χ1n) is 6.29. The van der Waals surface area contributed by atoms with Crippen LogP contribution in [0.1, 0.15) is 0 Å². The van der Waals surface area contributed by atoms with Gasteiger partial charge in [-0.15, -0.1) is 0 Å². The van der Waals surface area contributed by atoms with Crippen molar-refractivity contribution in [1.82, 2.24) is 9.80 Å². The molecule has 0 aromatic rings. The van der Waals surface area contributed by atoms with E-state index in [4.69, 9.17) is 10.5 Å². The van der Waals surface area contributed by atoms with Crippen molar-refractivity contribution >= 4 is 17.7 Å². The largest absolute Gasteiger partial charge is 0.379 e. The molecule has 17 heavy (non-hydrogen) atoms. The lowest BCUT2D eigenvalue weighted by Gasteiger charge is -2.28. The molecule has 0 unspecified atom stereocenters. The topological polar surface area (TPSA) is 54.1 Å². The maximum Gasteiger partial charge on any atom is 0.191 e. The molecular formula is C11H22N4OS. The lowest BCUT2D eigenvalue weighted by atomic mass is 10.4. The van der Waals surface area contributed by atoms with Gasteiger partial charge in [0.25, 0.3) is 0 Å². The van der Waals surface area contributed by atoms with Crippen LogP contribution < -0.4 is 5.73 Å². The minimum absolute atomic E-state index is 0.721. The van der Waals surface area contributed by atoms with Crippen molar-refractivity contribution in [2.24, 2.45) is 10.7 Å². The number of guanidine groups is 1. The molecule has 2 rings (SSSR count). The van der Waals surface area contributed by atoms with Crippen molar-refractivity contribution < 1.29 is 4.74 Å². The Bertz CT molecular complexity index is 250. The van der Waals surface area contributed by atoms with E-state index in [1.54, 1.807) is 0 Å². The third kappa shape index (κ3) is 4.37.